The third kappa shape index (κ3) is 7.16. The van der Waals surface area contributed by atoms with Gasteiger partial charge in [0, 0.05) is 17.1 Å². The summed E-state index contributed by atoms with van der Waals surface area (Å²) in [5, 5.41) is 7.45. The summed E-state index contributed by atoms with van der Waals surface area (Å²) in [7, 11) is 0. The normalized spacial score (nSPS) is 13.7. The van der Waals surface area contributed by atoms with Crippen LogP contribution in [-0.4, -0.2) is 0 Å². The van der Waals surface area contributed by atoms with Crippen LogP contribution in [-0.2, 0) is 5.41 Å². The molecule has 14 rings (SSSR count). The molecule has 0 saturated heterocycles. The summed E-state index contributed by atoms with van der Waals surface area (Å²) >= 11 is 0. The molecule has 0 aromatic heterocycles. The molecule has 13 aromatic carbocycles. The first-order valence-corrected chi connectivity index (χ1v) is 25.6. The number of anilines is 3. The highest BCUT2D eigenvalue weighted by Gasteiger charge is 2.47. The quantitative estimate of drug-likeness (QED) is 0.139. The first-order chi connectivity index (χ1) is 36.7. The summed E-state index contributed by atoms with van der Waals surface area (Å²) < 4.78 is 0. The van der Waals surface area contributed by atoms with Crippen LogP contribution in [0.25, 0.3) is 88.0 Å². The van der Waals surface area contributed by atoms with Gasteiger partial charge in [0.05, 0.1) is 5.41 Å². The Morgan fingerprint density at radius 1 is 0.230 bits per heavy atom. The Kier molecular flexibility index (Phi) is 10.5. The number of hydrogen-bond acceptors (Lipinski definition) is 1. The fraction of sp³-hybridized carbons (Fsp3) is 0.0137. The average Bonchev–Trinajstić information content (AvgIpc) is 3.80. The molecule has 0 radical (unpaired) electrons. The van der Waals surface area contributed by atoms with Crippen LogP contribution in [0.2, 0.25) is 0 Å². The molecular formula is C73H49N. The van der Waals surface area contributed by atoms with E-state index in [1.807, 2.05) is 0 Å². The predicted molar refractivity (Wildman–Crippen MR) is 313 cm³/mol. The summed E-state index contributed by atoms with van der Waals surface area (Å²) in [6.45, 7) is 0. The van der Waals surface area contributed by atoms with E-state index in [2.05, 4.69) is 302 Å². The Morgan fingerprint density at radius 3 is 1.36 bits per heavy atom. The highest BCUT2D eigenvalue weighted by molar-refractivity contribution is 6.00. The molecular weight excluding hydrogens is 891 g/mol. The molecule has 0 bridgehead atoms. The van der Waals surface area contributed by atoms with Crippen molar-refractivity contribution in [3.8, 4) is 55.6 Å². The van der Waals surface area contributed by atoms with Crippen LogP contribution in [0, 0.1) is 0 Å². The lowest BCUT2D eigenvalue weighted by Crippen LogP contribution is -2.28. The molecule has 0 fully saturated rings. The van der Waals surface area contributed by atoms with E-state index in [4.69, 9.17) is 0 Å². The van der Waals surface area contributed by atoms with Gasteiger partial charge >= 0.3 is 0 Å². The van der Waals surface area contributed by atoms with Gasteiger partial charge in [0.2, 0.25) is 0 Å². The van der Waals surface area contributed by atoms with E-state index in [1.165, 1.54) is 105 Å². The van der Waals surface area contributed by atoms with E-state index in [9.17, 15) is 0 Å². The molecule has 1 aliphatic rings. The number of nitrogens with zero attached hydrogens (tertiary/aromatic N) is 1. The predicted octanol–water partition coefficient (Wildman–Crippen LogP) is 19.6. The molecule has 0 N–H and O–H groups in total. The fourth-order valence-electron chi connectivity index (χ4n) is 12.1. The molecule has 1 heteroatoms. The van der Waals surface area contributed by atoms with E-state index >= 15 is 0 Å². The highest BCUT2D eigenvalue weighted by atomic mass is 15.1. The van der Waals surface area contributed by atoms with Gasteiger partial charge in [-0.05, 0) is 153 Å². The number of rotatable bonds is 9. The molecule has 0 spiro atoms. The zero-order valence-electron chi connectivity index (χ0n) is 40.7. The van der Waals surface area contributed by atoms with E-state index in [0.717, 1.165) is 22.6 Å². The lowest BCUT2D eigenvalue weighted by molar-refractivity contribution is 0.770. The molecule has 346 valence electrons. The standard InChI is InChI=1S/C73H49N/c1-2-16-50(17-3-1)52-34-41-59(42-35-52)73(60-43-36-51-18-4-5-21-57(51)48-60)70-32-11-10-28-69(70)72-68(31-15-33-71(72)73)58-24-12-25-63(49-58)74(61-44-37-55(38-45-61)66-29-13-22-53-19-6-8-26-64(53)66)62-46-39-56(40-47-62)67-30-14-23-54-20-7-9-27-65(54)67/h1-49H. The van der Waals surface area contributed by atoms with Gasteiger partial charge in [-0.25, -0.2) is 0 Å². The van der Waals surface area contributed by atoms with Crippen molar-refractivity contribution in [1.29, 1.82) is 0 Å². The van der Waals surface area contributed by atoms with Crippen LogP contribution in [0.4, 0.5) is 17.1 Å². The van der Waals surface area contributed by atoms with Gasteiger partial charge in [-0.3, -0.25) is 0 Å². The van der Waals surface area contributed by atoms with Gasteiger partial charge in [0.1, 0.15) is 0 Å². The number of fused-ring (bicyclic) bond motifs is 6. The first kappa shape index (κ1) is 43.2. The van der Waals surface area contributed by atoms with Gasteiger partial charge in [-0.15, -0.1) is 0 Å². The van der Waals surface area contributed by atoms with Crippen LogP contribution in [0.15, 0.2) is 297 Å². The maximum Gasteiger partial charge on any atom is 0.0714 e. The number of benzene rings is 13. The molecule has 1 aliphatic carbocycles. The average molecular weight is 940 g/mol. The Balaban J connectivity index is 0.935. The third-order valence-corrected chi connectivity index (χ3v) is 15.5. The number of hydrogen-bond donors (Lipinski definition) is 0. The van der Waals surface area contributed by atoms with Gasteiger partial charge < -0.3 is 4.90 Å². The summed E-state index contributed by atoms with van der Waals surface area (Å²) in [5.74, 6) is 0. The second-order valence-electron chi connectivity index (χ2n) is 19.6. The van der Waals surface area contributed by atoms with Gasteiger partial charge in [0.15, 0.2) is 0 Å². The van der Waals surface area contributed by atoms with E-state index in [0.29, 0.717) is 0 Å². The molecule has 0 amide bonds. The van der Waals surface area contributed by atoms with Gasteiger partial charge in [-0.1, -0.05) is 255 Å². The van der Waals surface area contributed by atoms with E-state index in [-0.39, 0.29) is 0 Å². The molecule has 0 saturated carbocycles. The van der Waals surface area contributed by atoms with Gasteiger partial charge in [-0.2, -0.15) is 0 Å². The molecule has 74 heavy (non-hydrogen) atoms. The lowest BCUT2D eigenvalue weighted by Gasteiger charge is -2.34. The van der Waals surface area contributed by atoms with Crippen LogP contribution in [0.1, 0.15) is 22.3 Å². The molecule has 1 nitrogen and oxygen atoms in total. The third-order valence-electron chi connectivity index (χ3n) is 15.5. The van der Waals surface area contributed by atoms with Crippen molar-refractivity contribution in [3.05, 3.63) is 320 Å². The topological polar surface area (TPSA) is 3.24 Å². The largest absolute Gasteiger partial charge is 0.310 e. The highest BCUT2D eigenvalue weighted by Crippen LogP contribution is 2.59. The zero-order chi connectivity index (χ0) is 49.0. The minimum atomic E-state index is -0.581. The summed E-state index contributed by atoms with van der Waals surface area (Å²) in [5.41, 5.74) is 19.9. The van der Waals surface area contributed by atoms with Crippen LogP contribution in [0.3, 0.4) is 0 Å². The van der Waals surface area contributed by atoms with Crippen LogP contribution < -0.4 is 4.90 Å². The van der Waals surface area contributed by atoms with Crippen molar-refractivity contribution in [2.45, 2.75) is 5.41 Å². The SMILES string of the molecule is c1ccc(-c2ccc(C3(c4ccc5ccccc5c4)c4ccccc4-c4c(-c5cccc(N(c6ccc(-c7cccc8ccccc78)cc6)c6ccc(-c7cccc8ccccc78)cc6)c5)cccc43)cc2)cc1. The maximum atomic E-state index is 2.43. The summed E-state index contributed by atoms with van der Waals surface area (Å²) in [6.07, 6.45) is 0. The van der Waals surface area contributed by atoms with Crippen molar-refractivity contribution in [2.75, 3.05) is 4.90 Å². The van der Waals surface area contributed by atoms with Crippen LogP contribution >= 0.6 is 0 Å². The Hall–Kier alpha value is -9.56. The van der Waals surface area contributed by atoms with E-state index < -0.39 is 5.41 Å². The minimum absolute atomic E-state index is 0.581. The maximum absolute atomic E-state index is 2.43. The second-order valence-corrected chi connectivity index (χ2v) is 19.6. The Labute approximate surface area is 432 Å². The molecule has 1 unspecified atom stereocenters. The van der Waals surface area contributed by atoms with Crippen molar-refractivity contribution in [3.63, 3.8) is 0 Å². The van der Waals surface area contributed by atoms with Crippen molar-refractivity contribution in [2.24, 2.45) is 0 Å². The molecule has 0 heterocycles. The molecule has 1 atom stereocenters. The van der Waals surface area contributed by atoms with Crippen molar-refractivity contribution in [1.82, 2.24) is 0 Å². The van der Waals surface area contributed by atoms with Gasteiger partial charge in [0.25, 0.3) is 0 Å². The Bertz CT molecular complexity index is 4090. The lowest BCUT2D eigenvalue weighted by atomic mass is 9.67. The minimum Gasteiger partial charge on any atom is -0.310 e. The van der Waals surface area contributed by atoms with E-state index in [1.54, 1.807) is 0 Å². The molecule has 13 aromatic rings. The van der Waals surface area contributed by atoms with Crippen LogP contribution in [0.5, 0.6) is 0 Å². The fourth-order valence-corrected chi connectivity index (χ4v) is 12.1. The Morgan fingerprint density at radius 2 is 0.689 bits per heavy atom. The second kappa shape index (κ2) is 17.9. The smallest absolute Gasteiger partial charge is 0.0714 e. The zero-order valence-corrected chi connectivity index (χ0v) is 40.7. The monoisotopic (exact) mass is 939 g/mol. The van der Waals surface area contributed by atoms with Crippen molar-refractivity contribution >= 4 is 49.4 Å². The first-order valence-electron chi connectivity index (χ1n) is 25.6. The molecule has 0 aliphatic heterocycles. The summed E-state index contributed by atoms with van der Waals surface area (Å²) in [6, 6.07) is 110. The van der Waals surface area contributed by atoms with Crippen molar-refractivity contribution < 1.29 is 0 Å². The summed E-state index contributed by atoms with van der Waals surface area (Å²) in [4.78, 5) is 2.41.